The predicted octanol–water partition coefficient (Wildman–Crippen LogP) is 4.88. The van der Waals surface area contributed by atoms with Gasteiger partial charge in [-0.25, -0.2) is 0 Å². The first kappa shape index (κ1) is 24.3. The van der Waals surface area contributed by atoms with Crippen LogP contribution in [0.5, 0.6) is 28.7 Å². The number of allylic oxidation sites excluding steroid dienone is 1. The molecule has 0 bridgehead atoms. The first-order valence-corrected chi connectivity index (χ1v) is 12.1. The minimum Gasteiger partial charge on any atom is -0.493 e. The summed E-state index contributed by atoms with van der Waals surface area (Å²) >= 11 is 0. The van der Waals surface area contributed by atoms with Crippen LogP contribution in [0.4, 0.5) is 0 Å². The zero-order valence-electron chi connectivity index (χ0n) is 21.2. The zero-order valence-corrected chi connectivity index (χ0v) is 21.2. The highest BCUT2D eigenvalue weighted by molar-refractivity contribution is 6.15. The molecule has 4 aromatic rings. The van der Waals surface area contributed by atoms with Gasteiger partial charge in [-0.1, -0.05) is 12.1 Å². The Balaban J connectivity index is 1.47. The summed E-state index contributed by atoms with van der Waals surface area (Å²) in [5.74, 6) is 0.167. The smallest absolute Gasteiger partial charge is 0.312 e. The number of Topliss-reactive ketones (excluding diaryl/α,β-unsaturated/α-hetero) is 1. The third-order valence-electron chi connectivity index (χ3n) is 6.85. The fourth-order valence-electron chi connectivity index (χ4n) is 5.04. The van der Waals surface area contributed by atoms with Crippen molar-refractivity contribution in [2.24, 2.45) is 0 Å². The predicted molar refractivity (Wildman–Crippen MR) is 140 cm³/mol. The molecule has 0 N–H and O–H groups in total. The van der Waals surface area contributed by atoms with Crippen LogP contribution in [0.3, 0.4) is 0 Å². The minimum absolute atomic E-state index is 0.0499. The van der Waals surface area contributed by atoms with Gasteiger partial charge in [0.15, 0.2) is 22.7 Å². The van der Waals surface area contributed by atoms with Gasteiger partial charge in [0, 0.05) is 17.0 Å². The number of benzene rings is 3. The molecule has 196 valence electrons. The van der Waals surface area contributed by atoms with E-state index in [1.807, 2.05) is 0 Å². The molecule has 0 fully saturated rings. The Morgan fingerprint density at radius 2 is 1.64 bits per heavy atom. The monoisotopic (exact) mass is 526 g/mol. The molecule has 1 atom stereocenters. The Hall–Kier alpha value is -5.05. The summed E-state index contributed by atoms with van der Waals surface area (Å²) < 4.78 is 33.5. The van der Waals surface area contributed by atoms with Crippen LogP contribution in [0, 0.1) is 0 Å². The number of para-hydroxylation sites is 1. The number of ketones is 1. The van der Waals surface area contributed by atoms with Crippen LogP contribution in [0.2, 0.25) is 0 Å². The molecule has 1 unspecified atom stereocenters. The molecule has 0 radical (unpaired) electrons. The Morgan fingerprint density at radius 3 is 2.36 bits per heavy atom. The van der Waals surface area contributed by atoms with Crippen LogP contribution in [-0.4, -0.2) is 33.1 Å². The maximum absolute atomic E-state index is 13.4. The van der Waals surface area contributed by atoms with Crippen LogP contribution in [0.15, 0.2) is 69.8 Å². The topological polar surface area (TPSA) is 111 Å². The molecule has 9 nitrogen and oxygen atoms in total. The normalized spacial score (nSPS) is 16.9. The molecule has 0 saturated heterocycles. The van der Waals surface area contributed by atoms with Crippen molar-refractivity contribution in [2.75, 3.05) is 21.3 Å². The van der Waals surface area contributed by atoms with Gasteiger partial charge in [-0.05, 0) is 48.0 Å². The van der Waals surface area contributed by atoms with Crippen LogP contribution in [0.25, 0.3) is 17.0 Å². The van der Waals surface area contributed by atoms with Gasteiger partial charge in [-0.15, -0.1) is 0 Å². The van der Waals surface area contributed by atoms with Crippen LogP contribution < -0.4 is 29.1 Å². The molecule has 3 heterocycles. The number of hydrogen-bond donors (Lipinski definition) is 0. The molecule has 39 heavy (non-hydrogen) atoms. The molecule has 6 rings (SSSR count). The van der Waals surface area contributed by atoms with Gasteiger partial charge in [-0.3, -0.25) is 14.4 Å². The summed E-state index contributed by atoms with van der Waals surface area (Å²) in [6, 6.07) is 13.3. The van der Waals surface area contributed by atoms with Crippen molar-refractivity contribution < 1.29 is 37.7 Å². The maximum atomic E-state index is 13.4. The highest BCUT2D eigenvalue weighted by atomic mass is 16.5. The lowest BCUT2D eigenvalue weighted by molar-refractivity contribution is -0.135. The lowest BCUT2D eigenvalue weighted by atomic mass is 9.85. The Labute approximate surface area is 222 Å². The van der Waals surface area contributed by atoms with Crippen LogP contribution >= 0.6 is 0 Å². The number of fused-ring (bicyclic) bond motifs is 4. The molecular weight excluding hydrogens is 504 g/mol. The largest absolute Gasteiger partial charge is 0.493 e. The average Bonchev–Trinajstić information content (AvgIpc) is 3.26. The lowest BCUT2D eigenvalue weighted by Crippen LogP contribution is -2.25. The van der Waals surface area contributed by atoms with Gasteiger partial charge < -0.3 is 28.1 Å². The van der Waals surface area contributed by atoms with Gasteiger partial charge in [0.1, 0.15) is 17.1 Å². The van der Waals surface area contributed by atoms with Crippen molar-refractivity contribution in [1.29, 1.82) is 0 Å². The first-order valence-electron chi connectivity index (χ1n) is 12.1. The second-order valence-corrected chi connectivity index (χ2v) is 9.00. The molecule has 3 aromatic carbocycles. The van der Waals surface area contributed by atoms with Gasteiger partial charge in [0.2, 0.25) is 11.5 Å². The van der Waals surface area contributed by atoms with Crippen molar-refractivity contribution >= 4 is 28.8 Å². The Morgan fingerprint density at radius 1 is 0.897 bits per heavy atom. The van der Waals surface area contributed by atoms with Crippen LogP contribution in [0.1, 0.15) is 39.4 Å². The number of ether oxygens (including phenoxy) is 5. The number of methoxy groups -OCH3 is 3. The van der Waals surface area contributed by atoms with E-state index >= 15 is 0 Å². The molecule has 0 amide bonds. The molecule has 1 aromatic heterocycles. The Kier molecular flexibility index (Phi) is 5.83. The third kappa shape index (κ3) is 3.90. The molecule has 0 spiro atoms. The highest BCUT2D eigenvalue weighted by Crippen LogP contribution is 2.49. The summed E-state index contributed by atoms with van der Waals surface area (Å²) in [4.78, 5) is 39.3. The quantitative estimate of drug-likeness (QED) is 0.204. The SMILES string of the molecule is COc1cc(/C=C2\Oc3c(ccc4c3C(c3coc5ccccc5c3=O)CC(=O)O4)C2=O)cc(OC)c1OC. The molecule has 0 saturated carbocycles. The summed E-state index contributed by atoms with van der Waals surface area (Å²) in [6.07, 6.45) is 2.81. The van der Waals surface area contributed by atoms with E-state index in [1.165, 1.54) is 27.6 Å². The molecular formula is C30H22O9. The number of rotatable bonds is 5. The summed E-state index contributed by atoms with van der Waals surface area (Å²) in [5.41, 5.74) is 1.76. The van der Waals surface area contributed by atoms with Crippen molar-refractivity contribution in [3.8, 4) is 28.7 Å². The van der Waals surface area contributed by atoms with Gasteiger partial charge in [0.05, 0.1) is 45.0 Å². The number of hydrogen-bond acceptors (Lipinski definition) is 9. The van der Waals surface area contributed by atoms with Crippen molar-refractivity contribution in [3.63, 3.8) is 0 Å². The van der Waals surface area contributed by atoms with E-state index in [9.17, 15) is 14.4 Å². The number of esters is 1. The summed E-state index contributed by atoms with van der Waals surface area (Å²) in [7, 11) is 4.50. The second kappa shape index (κ2) is 9.36. The van der Waals surface area contributed by atoms with E-state index in [0.717, 1.165) is 0 Å². The molecule has 2 aliphatic rings. The van der Waals surface area contributed by atoms with E-state index in [4.69, 9.17) is 28.1 Å². The lowest BCUT2D eigenvalue weighted by Gasteiger charge is -2.25. The van der Waals surface area contributed by atoms with Crippen molar-refractivity contribution in [2.45, 2.75) is 12.3 Å². The van der Waals surface area contributed by atoms with E-state index in [2.05, 4.69) is 0 Å². The second-order valence-electron chi connectivity index (χ2n) is 9.00. The van der Waals surface area contributed by atoms with Gasteiger partial charge in [0.25, 0.3) is 0 Å². The van der Waals surface area contributed by atoms with Gasteiger partial charge >= 0.3 is 5.97 Å². The first-order chi connectivity index (χ1) is 18.9. The zero-order chi connectivity index (χ0) is 27.3. The Bertz CT molecular complexity index is 1740. The fourth-order valence-corrected chi connectivity index (χ4v) is 5.04. The average molecular weight is 526 g/mol. The van der Waals surface area contributed by atoms with Gasteiger partial charge in [-0.2, -0.15) is 0 Å². The number of carbonyl (C=O) groups is 2. The van der Waals surface area contributed by atoms with E-state index in [1.54, 1.807) is 54.6 Å². The van der Waals surface area contributed by atoms with E-state index in [-0.39, 0.29) is 40.5 Å². The molecule has 2 aliphatic heterocycles. The fraction of sp³-hybridized carbons (Fsp3) is 0.167. The molecule has 9 heteroatoms. The summed E-state index contributed by atoms with van der Waals surface area (Å²) in [5, 5.41) is 0.392. The highest BCUT2D eigenvalue weighted by Gasteiger charge is 2.39. The van der Waals surface area contributed by atoms with Crippen molar-refractivity contribution in [3.05, 3.63) is 93.0 Å². The standard InChI is InChI=1S/C30H22O9/c1-34-23-11-15(12-24(35-2)30(23)36-3)10-22-28(33)17-8-9-21-26(29(17)39-22)18(13-25(31)38-21)19-14-37-20-7-5-4-6-16(20)27(19)32/h4-12,14,18H,13H2,1-3H3/b22-10-. The van der Waals surface area contributed by atoms with Crippen LogP contribution in [-0.2, 0) is 4.79 Å². The maximum Gasteiger partial charge on any atom is 0.312 e. The summed E-state index contributed by atoms with van der Waals surface area (Å²) in [6.45, 7) is 0. The van der Waals surface area contributed by atoms with Crippen molar-refractivity contribution in [1.82, 2.24) is 0 Å². The van der Waals surface area contributed by atoms with E-state index < -0.39 is 11.9 Å². The minimum atomic E-state index is -0.731. The molecule has 0 aliphatic carbocycles. The van der Waals surface area contributed by atoms with E-state index in [0.29, 0.717) is 44.9 Å². The third-order valence-corrected chi connectivity index (χ3v) is 6.85. The number of carbonyl (C=O) groups excluding carboxylic acids is 2.